The Balaban J connectivity index is 1.43. The molecule has 170 valence electrons. The van der Waals surface area contributed by atoms with Crippen molar-refractivity contribution >= 4 is 17.3 Å². The molecule has 5 rings (SSSR count). The number of nitrogens with two attached hydrogens (primary N) is 1. The van der Waals surface area contributed by atoms with Gasteiger partial charge in [0.2, 0.25) is 0 Å². The summed E-state index contributed by atoms with van der Waals surface area (Å²) in [5.41, 5.74) is 5.72. The van der Waals surface area contributed by atoms with Crippen molar-refractivity contribution in [2.75, 3.05) is 12.3 Å². The van der Waals surface area contributed by atoms with E-state index >= 15 is 0 Å². The van der Waals surface area contributed by atoms with Gasteiger partial charge in [0.1, 0.15) is 24.1 Å². The van der Waals surface area contributed by atoms with Crippen LogP contribution in [0.15, 0.2) is 18.5 Å². The van der Waals surface area contributed by atoms with E-state index in [1.54, 1.807) is 24.4 Å². The van der Waals surface area contributed by atoms with Gasteiger partial charge in [-0.25, -0.2) is 16.1 Å². The van der Waals surface area contributed by atoms with Crippen molar-refractivity contribution in [3.63, 3.8) is 0 Å². The SMILES string of the molecule is [C-]#[N+][C@]1(COC(=O)CC2(C)CCC2)O[C@@H](c2ccc3c(N)ncnn23)[C@@H]2OC(C)(C)O[C@@H]21. The first kappa shape index (κ1) is 21.1. The first-order valence-electron chi connectivity index (χ1n) is 10.8. The van der Waals surface area contributed by atoms with Crippen molar-refractivity contribution in [1.82, 2.24) is 14.6 Å². The van der Waals surface area contributed by atoms with Crippen LogP contribution >= 0.6 is 0 Å². The second kappa shape index (κ2) is 7.13. The number of carbonyl (C=O) groups excluding carboxylic acids is 1. The van der Waals surface area contributed by atoms with Gasteiger partial charge in [-0.1, -0.05) is 13.3 Å². The maximum atomic E-state index is 12.5. The summed E-state index contributed by atoms with van der Waals surface area (Å²) in [5, 5.41) is 4.29. The molecule has 32 heavy (non-hydrogen) atoms. The zero-order valence-corrected chi connectivity index (χ0v) is 18.4. The molecule has 2 aromatic heterocycles. The van der Waals surface area contributed by atoms with Gasteiger partial charge in [-0.15, -0.1) is 0 Å². The van der Waals surface area contributed by atoms with Crippen molar-refractivity contribution < 1.29 is 23.7 Å². The first-order valence-corrected chi connectivity index (χ1v) is 10.8. The molecule has 1 saturated carbocycles. The molecule has 4 atom stereocenters. The van der Waals surface area contributed by atoms with Gasteiger partial charge in [0, 0.05) is 0 Å². The van der Waals surface area contributed by atoms with E-state index in [9.17, 15) is 4.79 Å². The molecule has 3 aliphatic rings. The van der Waals surface area contributed by atoms with Gasteiger partial charge >= 0.3 is 11.7 Å². The van der Waals surface area contributed by atoms with Gasteiger partial charge in [-0.2, -0.15) is 5.10 Å². The smallest absolute Gasteiger partial charge is 0.400 e. The molecule has 3 fully saturated rings. The first-order chi connectivity index (χ1) is 15.2. The lowest BCUT2D eigenvalue weighted by molar-refractivity contribution is -0.210. The van der Waals surface area contributed by atoms with Crippen LogP contribution in [0.5, 0.6) is 0 Å². The topological polar surface area (TPSA) is 115 Å². The zero-order valence-electron chi connectivity index (χ0n) is 18.4. The van der Waals surface area contributed by atoms with Gasteiger partial charge in [0.15, 0.2) is 24.3 Å². The second-order valence-electron chi connectivity index (χ2n) is 9.72. The van der Waals surface area contributed by atoms with Crippen molar-refractivity contribution in [3.05, 3.63) is 35.6 Å². The monoisotopic (exact) mass is 441 g/mol. The number of nitrogens with zero attached hydrogens (tertiary/aromatic N) is 4. The number of carbonyl (C=O) groups is 1. The maximum Gasteiger partial charge on any atom is 0.400 e. The minimum absolute atomic E-state index is 0.0105. The van der Waals surface area contributed by atoms with Crippen LogP contribution in [0.25, 0.3) is 10.4 Å². The van der Waals surface area contributed by atoms with Crippen LogP contribution in [-0.2, 0) is 23.7 Å². The molecule has 4 heterocycles. The fraction of sp³-hybridized carbons (Fsp3) is 0.636. The molecule has 0 radical (unpaired) electrons. The van der Waals surface area contributed by atoms with E-state index in [1.807, 2.05) is 6.07 Å². The maximum absolute atomic E-state index is 12.5. The molecule has 1 aliphatic carbocycles. The van der Waals surface area contributed by atoms with E-state index in [-0.39, 0.29) is 18.0 Å². The van der Waals surface area contributed by atoms with Gasteiger partial charge in [0.25, 0.3) is 0 Å². The lowest BCUT2D eigenvalue weighted by atomic mass is 9.68. The molecule has 0 spiro atoms. The Morgan fingerprint density at radius 2 is 2.09 bits per heavy atom. The number of anilines is 1. The summed E-state index contributed by atoms with van der Waals surface area (Å²) < 4.78 is 25.7. The molecule has 0 unspecified atom stereocenters. The van der Waals surface area contributed by atoms with E-state index in [0.717, 1.165) is 19.3 Å². The molecule has 10 nitrogen and oxygen atoms in total. The average molecular weight is 441 g/mol. The molecule has 2 aromatic rings. The Hall–Kier alpha value is -2.74. The van der Waals surface area contributed by atoms with Crippen molar-refractivity contribution in [3.8, 4) is 0 Å². The van der Waals surface area contributed by atoms with Gasteiger partial charge in [-0.05, 0) is 44.2 Å². The third-order valence-electron chi connectivity index (χ3n) is 6.77. The normalized spacial score (nSPS) is 32.2. The van der Waals surface area contributed by atoms with E-state index in [1.165, 1.54) is 6.33 Å². The largest absolute Gasteiger partial charge is 0.454 e. The quantitative estimate of drug-likeness (QED) is 0.556. The fourth-order valence-corrected chi connectivity index (χ4v) is 4.91. The van der Waals surface area contributed by atoms with Crippen LogP contribution < -0.4 is 5.73 Å². The summed E-state index contributed by atoms with van der Waals surface area (Å²) in [6.07, 6.45) is 2.85. The highest BCUT2D eigenvalue weighted by Crippen LogP contribution is 2.51. The molecule has 0 bridgehead atoms. The fourth-order valence-electron chi connectivity index (χ4n) is 4.91. The molecule has 0 amide bonds. The van der Waals surface area contributed by atoms with Crippen LogP contribution in [0.3, 0.4) is 0 Å². The lowest BCUT2D eigenvalue weighted by Crippen LogP contribution is -2.45. The van der Waals surface area contributed by atoms with Crippen LogP contribution in [-0.4, -0.2) is 50.9 Å². The highest BCUT2D eigenvalue weighted by Gasteiger charge is 2.69. The predicted molar refractivity (Wildman–Crippen MR) is 112 cm³/mol. The third-order valence-corrected chi connectivity index (χ3v) is 6.77. The zero-order chi connectivity index (χ0) is 22.7. The number of hydrogen-bond acceptors (Lipinski definition) is 8. The molecule has 10 heteroatoms. The van der Waals surface area contributed by atoms with Crippen LogP contribution in [0, 0.1) is 12.0 Å². The minimum Gasteiger partial charge on any atom is -0.454 e. The van der Waals surface area contributed by atoms with Crippen molar-refractivity contribution in [1.29, 1.82) is 0 Å². The van der Waals surface area contributed by atoms with E-state index < -0.39 is 29.8 Å². The molecular formula is C22H27N5O5. The number of aromatic nitrogens is 3. The number of esters is 1. The third kappa shape index (κ3) is 3.32. The summed E-state index contributed by atoms with van der Waals surface area (Å²) in [7, 11) is 0. The molecule has 0 aromatic carbocycles. The number of ether oxygens (including phenoxy) is 4. The summed E-state index contributed by atoms with van der Waals surface area (Å²) in [5.74, 6) is -0.914. The Kier molecular flexibility index (Phi) is 4.71. The predicted octanol–water partition coefficient (Wildman–Crippen LogP) is 2.64. The summed E-state index contributed by atoms with van der Waals surface area (Å²) in [6.45, 7) is 13.4. The summed E-state index contributed by atoms with van der Waals surface area (Å²) >= 11 is 0. The Morgan fingerprint density at radius 3 is 2.78 bits per heavy atom. The van der Waals surface area contributed by atoms with Crippen LogP contribution in [0.4, 0.5) is 5.82 Å². The number of nitrogen functional groups attached to an aromatic ring is 1. The van der Waals surface area contributed by atoms with Gasteiger partial charge < -0.3 is 19.9 Å². The Bertz CT molecular complexity index is 1100. The number of fused-ring (bicyclic) bond motifs is 2. The van der Waals surface area contributed by atoms with Gasteiger partial charge in [0.05, 0.1) is 12.1 Å². The van der Waals surface area contributed by atoms with Gasteiger partial charge in [-0.3, -0.25) is 14.4 Å². The van der Waals surface area contributed by atoms with Crippen molar-refractivity contribution in [2.24, 2.45) is 5.41 Å². The highest BCUT2D eigenvalue weighted by molar-refractivity contribution is 5.70. The molecular weight excluding hydrogens is 414 g/mol. The number of hydrogen-bond donors (Lipinski definition) is 1. The molecule has 2 saturated heterocycles. The highest BCUT2D eigenvalue weighted by atomic mass is 16.8. The van der Waals surface area contributed by atoms with Crippen LogP contribution in [0.1, 0.15) is 58.3 Å². The van der Waals surface area contributed by atoms with Crippen molar-refractivity contribution in [2.45, 2.75) is 76.3 Å². The Labute approximate surface area is 185 Å². The lowest BCUT2D eigenvalue weighted by Gasteiger charge is -2.37. The molecule has 2 N–H and O–H groups in total. The average Bonchev–Trinajstić information content (AvgIpc) is 3.36. The van der Waals surface area contributed by atoms with E-state index in [0.29, 0.717) is 23.4 Å². The summed E-state index contributed by atoms with van der Waals surface area (Å²) in [4.78, 5) is 20.3. The number of rotatable bonds is 5. The minimum atomic E-state index is -1.53. The standard InChI is InChI=1S/C22H27N5O5/c1-20(2)30-17-16(13-6-7-14-19(23)25-12-26-27(13)14)31-22(24-4,18(17)32-20)11-29-15(28)10-21(3)8-5-9-21/h6-7,12,16-18H,5,8-11H2,1-3H3,(H2,23,25,26)/t16-,17-,18-,22+/m0/s1. The van der Waals surface area contributed by atoms with Crippen LogP contribution in [0.2, 0.25) is 0 Å². The van der Waals surface area contributed by atoms with E-state index in [2.05, 4.69) is 21.9 Å². The molecule has 2 aliphatic heterocycles. The van der Waals surface area contributed by atoms with E-state index in [4.69, 9.17) is 31.3 Å². The summed E-state index contributed by atoms with van der Waals surface area (Å²) in [6, 6.07) is 3.61. The Morgan fingerprint density at radius 1 is 1.31 bits per heavy atom. The second-order valence-corrected chi connectivity index (χ2v) is 9.72.